The first-order chi connectivity index (χ1) is 12.7. The van der Waals surface area contributed by atoms with Gasteiger partial charge in [0.05, 0.1) is 6.04 Å². The van der Waals surface area contributed by atoms with Gasteiger partial charge >= 0.3 is 0 Å². The Morgan fingerprint density at radius 3 is 2.79 bits per heavy atom. The van der Waals surface area contributed by atoms with Crippen LogP contribution in [0.3, 0.4) is 0 Å². The van der Waals surface area contributed by atoms with Crippen LogP contribution in [0.15, 0.2) is 42.9 Å². The maximum atomic E-state index is 13.2. The minimum Gasteiger partial charge on any atom is -0.356 e. The predicted molar refractivity (Wildman–Crippen MR) is 116 cm³/mol. The predicted octanol–water partition coefficient (Wildman–Crippen LogP) is 2.95. The number of rotatable bonds is 3. The van der Waals surface area contributed by atoms with Crippen LogP contribution in [-0.2, 0) is 0 Å². The number of amides is 1. The minimum absolute atomic E-state index is 0. The molecule has 8 heteroatoms. The van der Waals surface area contributed by atoms with Crippen LogP contribution in [0.5, 0.6) is 0 Å². The molecule has 2 unspecified atom stereocenters. The molecule has 4 rings (SSSR count). The topological polar surface area (TPSA) is 61.4 Å². The van der Waals surface area contributed by atoms with Crippen LogP contribution >= 0.6 is 24.8 Å². The maximum Gasteiger partial charge on any atom is 0.254 e. The van der Waals surface area contributed by atoms with E-state index >= 15 is 0 Å². The van der Waals surface area contributed by atoms with E-state index in [1.54, 1.807) is 12.4 Å². The fourth-order valence-electron chi connectivity index (χ4n) is 3.85. The Bertz CT molecular complexity index is 776. The van der Waals surface area contributed by atoms with E-state index in [1.165, 1.54) is 6.42 Å². The molecule has 0 aliphatic carbocycles. The third-order valence-electron chi connectivity index (χ3n) is 5.31. The molecule has 6 nitrogen and oxygen atoms in total. The highest BCUT2D eigenvalue weighted by Gasteiger charge is 2.29. The summed E-state index contributed by atoms with van der Waals surface area (Å²) >= 11 is 0. The van der Waals surface area contributed by atoms with E-state index in [9.17, 15) is 4.79 Å². The first-order valence-electron chi connectivity index (χ1n) is 9.35. The minimum atomic E-state index is 0. The first kappa shape index (κ1) is 22.4. The number of nitrogens with zero attached hydrogens (tertiary/aromatic N) is 4. The van der Waals surface area contributed by atoms with E-state index in [1.807, 2.05) is 35.4 Å². The molecule has 2 aliphatic rings. The van der Waals surface area contributed by atoms with E-state index in [2.05, 4.69) is 27.1 Å². The molecule has 2 aromatic heterocycles. The highest BCUT2D eigenvalue weighted by molar-refractivity contribution is 5.95. The third kappa shape index (κ3) is 4.74. The highest BCUT2D eigenvalue weighted by atomic mass is 35.5. The van der Waals surface area contributed by atoms with Crippen molar-refractivity contribution in [3.05, 3.63) is 54.0 Å². The summed E-state index contributed by atoms with van der Waals surface area (Å²) in [4.78, 5) is 26.2. The zero-order chi connectivity index (χ0) is 17.9. The maximum absolute atomic E-state index is 13.2. The van der Waals surface area contributed by atoms with E-state index in [-0.39, 0.29) is 36.8 Å². The molecule has 0 radical (unpaired) electrons. The van der Waals surface area contributed by atoms with Gasteiger partial charge in [0.25, 0.3) is 5.91 Å². The standard InChI is InChI=1S/C20H25N5O.2ClH/c1-15-5-9-24(14-15)19-11-16(4-7-23-19)20(26)25-10-8-22-13-18(25)17-3-2-6-21-12-17;;/h2-4,6-7,11-12,15,18,22H,5,8-10,13-14H2,1H3;2*1H. The van der Waals surface area contributed by atoms with Gasteiger partial charge in [-0.25, -0.2) is 4.98 Å². The molecule has 2 atom stereocenters. The van der Waals surface area contributed by atoms with Crippen molar-refractivity contribution in [2.45, 2.75) is 19.4 Å². The molecule has 2 saturated heterocycles. The fraction of sp³-hybridized carbons (Fsp3) is 0.450. The molecule has 2 fully saturated rings. The average molecular weight is 424 g/mol. The van der Waals surface area contributed by atoms with E-state index in [4.69, 9.17) is 0 Å². The van der Waals surface area contributed by atoms with Crippen LogP contribution in [0.1, 0.15) is 35.3 Å². The van der Waals surface area contributed by atoms with Crippen LogP contribution in [0.4, 0.5) is 5.82 Å². The summed E-state index contributed by atoms with van der Waals surface area (Å²) in [5.74, 6) is 1.66. The quantitative estimate of drug-likeness (QED) is 0.821. The highest BCUT2D eigenvalue weighted by Crippen LogP contribution is 2.26. The number of anilines is 1. The number of piperazine rings is 1. The van der Waals surface area contributed by atoms with Gasteiger partial charge in [-0.1, -0.05) is 13.0 Å². The van der Waals surface area contributed by atoms with Crippen LogP contribution in [0.2, 0.25) is 0 Å². The number of carbonyl (C=O) groups is 1. The lowest BCUT2D eigenvalue weighted by Crippen LogP contribution is -2.48. The molecule has 1 amide bonds. The normalized spacial score (nSPS) is 21.6. The zero-order valence-corrected chi connectivity index (χ0v) is 17.6. The van der Waals surface area contributed by atoms with Gasteiger partial charge in [-0.2, -0.15) is 0 Å². The fourth-order valence-corrected chi connectivity index (χ4v) is 3.85. The van der Waals surface area contributed by atoms with Crippen molar-refractivity contribution in [2.24, 2.45) is 5.92 Å². The second-order valence-electron chi connectivity index (χ2n) is 7.25. The summed E-state index contributed by atoms with van der Waals surface area (Å²) in [6.07, 6.45) is 6.55. The molecule has 0 bridgehead atoms. The van der Waals surface area contributed by atoms with Crippen molar-refractivity contribution < 1.29 is 4.79 Å². The Balaban J connectivity index is 0.00000140. The van der Waals surface area contributed by atoms with Gasteiger partial charge in [-0.05, 0) is 36.1 Å². The molecular weight excluding hydrogens is 397 g/mol. The lowest BCUT2D eigenvalue weighted by molar-refractivity contribution is 0.0634. The second-order valence-corrected chi connectivity index (χ2v) is 7.25. The van der Waals surface area contributed by atoms with Crippen molar-refractivity contribution >= 4 is 36.5 Å². The summed E-state index contributed by atoms with van der Waals surface area (Å²) in [5, 5.41) is 3.39. The Morgan fingerprint density at radius 2 is 2.07 bits per heavy atom. The number of nitrogens with one attached hydrogen (secondary N) is 1. The zero-order valence-electron chi connectivity index (χ0n) is 16.0. The van der Waals surface area contributed by atoms with Crippen LogP contribution in [-0.4, -0.2) is 53.5 Å². The number of hydrogen-bond donors (Lipinski definition) is 1. The molecule has 2 aliphatic heterocycles. The van der Waals surface area contributed by atoms with Crippen LogP contribution in [0.25, 0.3) is 0 Å². The summed E-state index contributed by atoms with van der Waals surface area (Å²) in [5.41, 5.74) is 1.78. The monoisotopic (exact) mass is 423 g/mol. The summed E-state index contributed by atoms with van der Waals surface area (Å²) in [7, 11) is 0. The number of hydrogen-bond acceptors (Lipinski definition) is 5. The number of pyridine rings is 2. The number of carbonyl (C=O) groups excluding carboxylic acids is 1. The summed E-state index contributed by atoms with van der Waals surface area (Å²) in [6.45, 7) is 6.53. The summed E-state index contributed by atoms with van der Waals surface area (Å²) < 4.78 is 0. The van der Waals surface area contributed by atoms with Crippen LogP contribution in [0, 0.1) is 5.92 Å². The molecule has 1 N–H and O–H groups in total. The number of halogens is 2. The van der Waals surface area contributed by atoms with Gasteiger partial charge in [-0.3, -0.25) is 9.78 Å². The van der Waals surface area contributed by atoms with E-state index in [0.717, 1.165) is 37.6 Å². The first-order valence-corrected chi connectivity index (χ1v) is 9.35. The third-order valence-corrected chi connectivity index (χ3v) is 5.31. The van der Waals surface area contributed by atoms with Gasteiger partial charge in [0.1, 0.15) is 5.82 Å². The van der Waals surface area contributed by atoms with Gasteiger partial charge in [0.2, 0.25) is 0 Å². The molecule has 0 saturated carbocycles. The molecular formula is C20H27Cl2N5O. The van der Waals surface area contributed by atoms with E-state index < -0.39 is 0 Å². The molecule has 152 valence electrons. The lowest BCUT2D eigenvalue weighted by Gasteiger charge is -2.36. The lowest BCUT2D eigenvalue weighted by atomic mass is 10.0. The molecule has 28 heavy (non-hydrogen) atoms. The molecule has 2 aromatic rings. The Kier molecular flexibility index (Phi) is 8.04. The largest absolute Gasteiger partial charge is 0.356 e. The van der Waals surface area contributed by atoms with Crippen molar-refractivity contribution in [3.63, 3.8) is 0 Å². The SMILES string of the molecule is CC1CCN(c2cc(C(=O)N3CCNCC3c3cccnc3)ccn2)C1.Cl.Cl. The Hall–Kier alpha value is -1.89. The van der Waals surface area contributed by atoms with Crippen molar-refractivity contribution in [1.82, 2.24) is 20.2 Å². The molecule has 0 spiro atoms. The van der Waals surface area contributed by atoms with Gasteiger partial charge in [0, 0.05) is 56.9 Å². The number of aromatic nitrogens is 2. The van der Waals surface area contributed by atoms with Gasteiger partial charge in [-0.15, -0.1) is 24.8 Å². The smallest absolute Gasteiger partial charge is 0.254 e. The van der Waals surface area contributed by atoms with Crippen molar-refractivity contribution in [2.75, 3.05) is 37.6 Å². The average Bonchev–Trinajstić information content (AvgIpc) is 3.15. The van der Waals surface area contributed by atoms with E-state index in [0.29, 0.717) is 18.0 Å². The van der Waals surface area contributed by atoms with Crippen molar-refractivity contribution in [1.29, 1.82) is 0 Å². The Morgan fingerprint density at radius 1 is 1.21 bits per heavy atom. The second kappa shape index (κ2) is 10.0. The molecule has 0 aromatic carbocycles. The van der Waals surface area contributed by atoms with Crippen LogP contribution < -0.4 is 10.2 Å². The van der Waals surface area contributed by atoms with Crippen molar-refractivity contribution in [3.8, 4) is 0 Å². The summed E-state index contributed by atoms with van der Waals surface area (Å²) in [6, 6.07) is 7.74. The van der Waals surface area contributed by atoms with Gasteiger partial charge in [0.15, 0.2) is 0 Å². The Labute approximate surface area is 178 Å². The molecule has 4 heterocycles. The van der Waals surface area contributed by atoms with Gasteiger partial charge < -0.3 is 15.1 Å².